The van der Waals surface area contributed by atoms with Crippen molar-refractivity contribution in [3.8, 4) is 0 Å². The van der Waals surface area contributed by atoms with Gasteiger partial charge >= 0.3 is 6.03 Å². The zero-order valence-electron chi connectivity index (χ0n) is 15.6. The van der Waals surface area contributed by atoms with Crippen molar-refractivity contribution in [1.82, 2.24) is 15.5 Å². The first-order valence-electron chi connectivity index (χ1n) is 9.24. The number of rotatable bonds is 7. The molecule has 2 aromatic rings. The molecular weight excluding hydrogens is 340 g/mol. The summed E-state index contributed by atoms with van der Waals surface area (Å²) in [5.41, 5.74) is 2.12. The highest BCUT2D eigenvalue weighted by atomic mass is 16.2. The van der Waals surface area contributed by atoms with Gasteiger partial charge in [0.1, 0.15) is 0 Å². The quantitative estimate of drug-likeness (QED) is 0.790. The molecule has 2 N–H and O–H groups in total. The number of para-hydroxylation sites is 1. The Balaban J connectivity index is 1.38. The lowest BCUT2D eigenvalue weighted by molar-refractivity contribution is -0.117. The molecule has 6 nitrogen and oxygen atoms in total. The fraction of sp³-hybridized carbons (Fsp3) is 0.333. The molecule has 3 amide bonds. The molecular formula is C21H26N4O2. The van der Waals surface area contributed by atoms with E-state index in [9.17, 15) is 9.59 Å². The zero-order chi connectivity index (χ0) is 19.1. The normalized spacial score (nSPS) is 16.6. The van der Waals surface area contributed by atoms with E-state index >= 15 is 0 Å². The van der Waals surface area contributed by atoms with Crippen molar-refractivity contribution in [3.63, 3.8) is 0 Å². The predicted molar refractivity (Wildman–Crippen MR) is 107 cm³/mol. The summed E-state index contributed by atoms with van der Waals surface area (Å²) in [5.74, 6) is 0.0362. The smallest absolute Gasteiger partial charge is 0.315 e. The highest BCUT2D eigenvalue weighted by Gasteiger charge is 2.31. The van der Waals surface area contributed by atoms with Crippen LogP contribution in [0.1, 0.15) is 12.0 Å². The van der Waals surface area contributed by atoms with Crippen LogP contribution in [0.5, 0.6) is 0 Å². The molecule has 1 aliphatic heterocycles. The lowest BCUT2D eigenvalue weighted by Crippen LogP contribution is -2.45. The molecule has 27 heavy (non-hydrogen) atoms. The Hall–Kier alpha value is -2.86. The Labute approximate surface area is 160 Å². The average Bonchev–Trinajstić information content (AvgIpc) is 3.03. The first-order chi connectivity index (χ1) is 13.1. The summed E-state index contributed by atoms with van der Waals surface area (Å²) in [6, 6.07) is 19.4. The first-order valence-corrected chi connectivity index (χ1v) is 9.24. The highest BCUT2D eigenvalue weighted by Crippen LogP contribution is 2.20. The van der Waals surface area contributed by atoms with Crippen LogP contribution in [0.3, 0.4) is 0 Å². The van der Waals surface area contributed by atoms with Gasteiger partial charge < -0.3 is 20.4 Å². The second-order valence-corrected chi connectivity index (χ2v) is 6.86. The minimum absolute atomic E-state index is 0.0362. The number of nitrogens with one attached hydrogen (secondary N) is 2. The third kappa shape index (κ3) is 5.56. The van der Waals surface area contributed by atoms with Crippen molar-refractivity contribution < 1.29 is 9.59 Å². The molecule has 1 fully saturated rings. The van der Waals surface area contributed by atoms with Gasteiger partial charge in [-0.25, -0.2) is 4.79 Å². The van der Waals surface area contributed by atoms with Gasteiger partial charge in [-0.1, -0.05) is 48.5 Å². The summed E-state index contributed by atoms with van der Waals surface area (Å²) in [6.45, 7) is 2.65. The van der Waals surface area contributed by atoms with Crippen LogP contribution in [0.2, 0.25) is 0 Å². The van der Waals surface area contributed by atoms with E-state index in [1.54, 1.807) is 4.90 Å². The first kappa shape index (κ1) is 18.9. The Morgan fingerprint density at radius 1 is 1.11 bits per heavy atom. The Morgan fingerprint density at radius 3 is 2.48 bits per heavy atom. The van der Waals surface area contributed by atoms with E-state index in [1.165, 1.54) is 5.56 Å². The second-order valence-electron chi connectivity index (χ2n) is 6.86. The number of nitrogens with zero attached hydrogens (tertiary/aromatic N) is 2. The molecule has 0 aromatic heterocycles. The van der Waals surface area contributed by atoms with E-state index in [1.807, 2.05) is 55.6 Å². The Kier molecular flexibility index (Phi) is 6.44. The Morgan fingerprint density at radius 2 is 1.78 bits per heavy atom. The van der Waals surface area contributed by atoms with Crippen LogP contribution in [-0.4, -0.2) is 49.6 Å². The van der Waals surface area contributed by atoms with Crippen LogP contribution in [0.4, 0.5) is 10.5 Å². The van der Waals surface area contributed by atoms with Gasteiger partial charge in [0.25, 0.3) is 0 Å². The number of benzene rings is 2. The number of carbonyl (C=O) groups is 2. The summed E-state index contributed by atoms with van der Waals surface area (Å²) in [4.78, 5) is 28.2. The molecule has 1 aliphatic rings. The molecule has 0 aliphatic carbocycles. The highest BCUT2D eigenvalue weighted by molar-refractivity contribution is 5.96. The minimum Gasteiger partial charge on any atom is -0.337 e. The van der Waals surface area contributed by atoms with Crippen molar-refractivity contribution in [1.29, 1.82) is 0 Å². The number of hydrogen-bond donors (Lipinski definition) is 2. The molecule has 0 unspecified atom stereocenters. The van der Waals surface area contributed by atoms with Crippen molar-refractivity contribution in [2.45, 2.75) is 19.0 Å². The number of likely N-dealkylation sites (N-methyl/N-ethyl adjacent to an activating group) is 1. The molecule has 0 bridgehead atoms. The Bertz CT molecular complexity index is 751. The fourth-order valence-corrected chi connectivity index (χ4v) is 3.23. The third-order valence-electron chi connectivity index (χ3n) is 4.60. The van der Waals surface area contributed by atoms with Gasteiger partial charge in [0.2, 0.25) is 5.91 Å². The monoisotopic (exact) mass is 366 g/mol. The number of carbonyl (C=O) groups excluding carboxylic acids is 2. The van der Waals surface area contributed by atoms with Gasteiger partial charge in [0.15, 0.2) is 0 Å². The number of hydrogen-bond acceptors (Lipinski definition) is 3. The molecule has 6 heteroatoms. The summed E-state index contributed by atoms with van der Waals surface area (Å²) in [6.07, 6.45) is 0.330. The molecule has 3 rings (SSSR count). The van der Waals surface area contributed by atoms with Crippen molar-refractivity contribution in [2.24, 2.45) is 0 Å². The second kappa shape index (κ2) is 9.19. The maximum Gasteiger partial charge on any atom is 0.315 e. The molecule has 0 radical (unpaired) electrons. The molecule has 1 saturated heterocycles. The average molecular weight is 366 g/mol. The van der Waals surface area contributed by atoms with Crippen LogP contribution in [0.15, 0.2) is 60.7 Å². The van der Waals surface area contributed by atoms with Gasteiger partial charge in [-0.2, -0.15) is 0 Å². The van der Waals surface area contributed by atoms with Gasteiger partial charge in [0.05, 0.1) is 6.04 Å². The molecule has 142 valence electrons. The van der Waals surface area contributed by atoms with Crippen LogP contribution < -0.4 is 15.5 Å². The third-order valence-corrected chi connectivity index (χ3v) is 4.60. The molecule has 1 atom stereocenters. The molecule has 0 saturated carbocycles. The van der Waals surface area contributed by atoms with E-state index in [4.69, 9.17) is 0 Å². The van der Waals surface area contributed by atoms with Gasteiger partial charge in [-0.05, 0) is 24.7 Å². The van der Waals surface area contributed by atoms with Gasteiger partial charge in [0, 0.05) is 38.3 Å². The van der Waals surface area contributed by atoms with Crippen molar-refractivity contribution in [2.75, 3.05) is 31.6 Å². The molecule has 1 heterocycles. The van der Waals surface area contributed by atoms with Crippen molar-refractivity contribution in [3.05, 3.63) is 66.2 Å². The summed E-state index contributed by atoms with van der Waals surface area (Å²) >= 11 is 0. The van der Waals surface area contributed by atoms with E-state index in [-0.39, 0.29) is 18.0 Å². The van der Waals surface area contributed by atoms with E-state index in [0.29, 0.717) is 19.5 Å². The lowest BCUT2D eigenvalue weighted by Gasteiger charge is -2.19. The van der Waals surface area contributed by atoms with E-state index < -0.39 is 0 Å². The van der Waals surface area contributed by atoms with E-state index in [2.05, 4.69) is 27.7 Å². The molecule has 2 aromatic carbocycles. The maximum atomic E-state index is 12.2. The largest absolute Gasteiger partial charge is 0.337 e. The lowest BCUT2D eigenvalue weighted by atomic mass is 10.2. The number of urea groups is 1. The summed E-state index contributed by atoms with van der Waals surface area (Å²) in [7, 11) is 2.03. The SMILES string of the molecule is CN(CCNC(=O)N[C@H]1CC(=O)N(c2ccccc2)C1)Cc1ccccc1. The fourth-order valence-electron chi connectivity index (χ4n) is 3.23. The zero-order valence-corrected chi connectivity index (χ0v) is 15.6. The van der Waals surface area contributed by atoms with Crippen LogP contribution in [-0.2, 0) is 11.3 Å². The number of anilines is 1. The van der Waals surface area contributed by atoms with Crippen LogP contribution in [0, 0.1) is 0 Å². The van der Waals surface area contributed by atoms with Gasteiger partial charge in [-0.3, -0.25) is 4.79 Å². The van der Waals surface area contributed by atoms with Crippen LogP contribution in [0.25, 0.3) is 0 Å². The van der Waals surface area contributed by atoms with Gasteiger partial charge in [-0.15, -0.1) is 0 Å². The summed E-state index contributed by atoms with van der Waals surface area (Å²) in [5, 5.41) is 5.78. The molecule has 0 spiro atoms. The summed E-state index contributed by atoms with van der Waals surface area (Å²) < 4.78 is 0. The standard InChI is InChI=1S/C21H26N4O2/c1-24(15-17-8-4-2-5-9-17)13-12-22-21(27)23-18-14-20(26)25(16-18)19-10-6-3-7-11-19/h2-11,18H,12-16H2,1H3,(H2,22,23,27)/t18-/m0/s1. The number of amides is 3. The topological polar surface area (TPSA) is 64.7 Å². The maximum absolute atomic E-state index is 12.2. The van der Waals surface area contributed by atoms with E-state index in [0.717, 1.165) is 18.8 Å². The minimum atomic E-state index is -0.226. The van der Waals surface area contributed by atoms with Crippen LogP contribution >= 0.6 is 0 Å². The predicted octanol–water partition coefficient (Wildman–Crippen LogP) is 2.22. The van der Waals surface area contributed by atoms with Crippen molar-refractivity contribution >= 4 is 17.6 Å².